The van der Waals surface area contributed by atoms with Crippen molar-refractivity contribution < 1.29 is 14.3 Å². The van der Waals surface area contributed by atoms with Crippen LogP contribution in [-0.4, -0.2) is 34.6 Å². The second kappa shape index (κ2) is 9.68. The van der Waals surface area contributed by atoms with E-state index >= 15 is 0 Å². The third-order valence-electron chi connectivity index (χ3n) is 4.33. The average Bonchev–Trinajstić information content (AvgIpc) is 2.64. The molecule has 1 N–H and O–H groups in total. The minimum Gasteiger partial charge on any atom is -0.469 e. The van der Waals surface area contributed by atoms with E-state index in [4.69, 9.17) is 0 Å². The number of nitrogens with one attached hydrogen (secondary N) is 1. The van der Waals surface area contributed by atoms with Crippen LogP contribution in [0.4, 0.5) is 0 Å². The molecule has 0 aliphatic carbocycles. The molecule has 7 heteroatoms. The first-order chi connectivity index (χ1) is 13.2. The molecule has 150 valence electrons. The highest BCUT2D eigenvalue weighted by molar-refractivity contribution is 7.99. The van der Waals surface area contributed by atoms with Gasteiger partial charge in [0.05, 0.1) is 25.0 Å². The number of esters is 1. The number of hydrogen-bond donors (Lipinski definition) is 1. The number of ether oxygens (including phenoxy) is 1. The van der Waals surface area contributed by atoms with E-state index in [1.807, 2.05) is 12.1 Å². The number of Topliss-reactive ketones (excluding diaryl/α,β-unsaturated/α-hetero) is 1. The largest absolute Gasteiger partial charge is 0.469 e. The first kappa shape index (κ1) is 21.9. The van der Waals surface area contributed by atoms with Gasteiger partial charge in [-0.25, -0.2) is 4.98 Å². The van der Waals surface area contributed by atoms with Gasteiger partial charge in [0.15, 0.2) is 10.9 Å². The van der Waals surface area contributed by atoms with Crippen LogP contribution in [0.15, 0.2) is 34.2 Å². The normalized spacial score (nSPS) is 11.1. The van der Waals surface area contributed by atoms with Gasteiger partial charge in [0.25, 0.3) is 5.56 Å². The highest BCUT2D eigenvalue weighted by Crippen LogP contribution is 2.26. The van der Waals surface area contributed by atoms with Crippen molar-refractivity contribution in [3.63, 3.8) is 0 Å². The molecule has 1 aromatic carbocycles. The number of thioether (sulfide) groups is 1. The SMILES string of the molecule is COC(=O)Cc1cc(=O)[nH]c(SCC(=O)c2ccc(C(C)C)cc2C(C)C)n1. The van der Waals surface area contributed by atoms with Gasteiger partial charge in [-0.3, -0.25) is 14.4 Å². The Balaban J connectivity index is 2.18. The molecule has 0 saturated carbocycles. The van der Waals surface area contributed by atoms with Crippen molar-refractivity contribution in [3.8, 4) is 0 Å². The molecular weight excluding hydrogens is 376 g/mol. The maximum Gasteiger partial charge on any atom is 0.311 e. The summed E-state index contributed by atoms with van der Waals surface area (Å²) in [5, 5.41) is 0.310. The van der Waals surface area contributed by atoms with Crippen LogP contribution in [0.1, 0.15) is 66.7 Å². The number of nitrogens with zero attached hydrogens (tertiary/aromatic N) is 1. The molecule has 0 bridgehead atoms. The molecule has 1 heterocycles. The van der Waals surface area contributed by atoms with Gasteiger partial charge >= 0.3 is 5.97 Å². The fourth-order valence-electron chi connectivity index (χ4n) is 2.75. The number of hydrogen-bond acceptors (Lipinski definition) is 6. The number of benzene rings is 1. The molecule has 2 aromatic rings. The van der Waals surface area contributed by atoms with E-state index in [0.717, 1.165) is 17.3 Å². The lowest BCUT2D eigenvalue weighted by Crippen LogP contribution is -2.15. The average molecular weight is 403 g/mol. The number of methoxy groups -OCH3 is 1. The van der Waals surface area contributed by atoms with Gasteiger partial charge in [0.1, 0.15) is 0 Å². The van der Waals surface area contributed by atoms with Crippen LogP contribution in [0.2, 0.25) is 0 Å². The predicted octanol–water partition coefficient (Wildman–Crippen LogP) is 3.71. The van der Waals surface area contributed by atoms with E-state index < -0.39 is 5.97 Å². The van der Waals surface area contributed by atoms with Crippen LogP contribution >= 0.6 is 11.8 Å². The maximum absolute atomic E-state index is 12.8. The van der Waals surface area contributed by atoms with E-state index in [-0.39, 0.29) is 29.4 Å². The summed E-state index contributed by atoms with van der Waals surface area (Å²) in [4.78, 5) is 42.8. The van der Waals surface area contributed by atoms with Crippen molar-refractivity contribution in [2.24, 2.45) is 0 Å². The minimum absolute atomic E-state index is 0.0231. The highest BCUT2D eigenvalue weighted by atomic mass is 32.2. The van der Waals surface area contributed by atoms with Crippen LogP contribution < -0.4 is 5.56 Å². The van der Waals surface area contributed by atoms with Crippen molar-refractivity contribution in [2.45, 2.75) is 51.1 Å². The van der Waals surface area contributed by atoms with Crippen molar-refractivity contribution in [3.05, 3.63) is 57.0 Å². The number of carbonyl (C=O) groups excluding carboxylic acids is 2. The van der Waals surface area contributed by atoms with E-state index in [0.29, 0.717) is 22.3 Å². The van der Waals surface area contributed by atoms with Crippen LogP contribution in [0.5, 0.6) is 0 Å². The van der Waals surface area contributed by atoms with Crippen LogP contribution in [-0.2, 0) is 16.0 Å². The maximum atomic E-state index is 12.8. The summed E-state index contributed by atoms with van der Waals surface area (Å²) in [6.45, 7) is 8.39. The zero-order valence-corrected chi connectivity index (χ0v) is 17.7. The summed E-state index contributed by atoms with van der Waals surface area (Å²) in [7, 11) is 1.28. The number of H-pyrrole nitrogens is 1. The molecule has 0 atom stereocenters. The van der Waals surface area contributed by atoms with E-state index in [2.05, 4.69) is 48.5 Å². The Hall–Kier alpha value is -2.41. The van der Waals surface area contributed by atoms with E-state index in [9.17, 15) is 14.4 Å². The predicted molar refractivity (Wildman–Crippen MR) is 110 cm³/mol. The number of aromatic nitrogens is 2. The van der Waals surface area contributed by atoms with Gasteiger partial charge < -0.3 is 9.72 Å². The standard InChI is InChI=1S/C21H26N2O4S/c1-12(2)14-6-7-16(17(8-14)13(3)4)18(24)11-28-21-22-15(9-19(25)23-21)10-20(26)27-5/h6-9,12-13H,10-11H2,1-5H3,(H,22,23,25). The quantitative estimate of drug-likeness (QED) is 0.313. The van der Waals surface area contributed by atoms with Gasteiger partial charge in [-0.05, 0) is 23.0 Å². The number of carbonyl (C=O) groups is 2. The molecule has 0 spiro atoms. The van der Waals surface area contributed by atoms with Crippen LogP contribution in [0.3, 0.4) is 0 Å². The van der Waals surface area contributed by atoms with E-state index in [1.165, 1.54) is 18.7 Å². The van der Waals surface area contributed by atoms with Gasteiger partial charge in [-0.1, -0.05) is 57.7 Å². The van der Waals surface area contributed by atoms with E-state index in [1.54, 1.807) is 0 Å². The molecular formula is C21H26N2O4S. The molecule has 0 aliphatic heterocycles. The number of aromatic amines is 1. The van der Waals surface area contributed by atoms with Crippen LogP contribution in [0.25, 0.3) is 0 Å². The molecule has 1 aromatic heterocycles. The molecule has 0 aliphatic rings. The monoisotopic (exact) mass is 402 g/mol. The molecule has 0 fully saturated rings. The molecule has 0 amide bonds. The van der Waals surface area contributed by atoms with Crippen molar-refractivity contribution in [1.29, 1.82) is 0 Å². The molecule has 0 saturated heterocycles. The smallest absolute Gasteiger partial charge is 0.311 e. The molecule has 28 heavy (non-hydrogen) atoms. The summed E-state index contributed by atoms with van der Waals surface area (Å²) in [6.07, 6.45) is -0.0872. The number of rotatable bonds is 8. The Morgan fingerprint density at radius 3 is 2.46 bits per heavy atom. The fraction of sp³-hybridized carbons (Fsp3) is 0.429. The second-order valence-corrected chi connectivity index (χ2v) is 8.13. The summed E-state index contributed by atoms with van der Waals surface area (Å²) in [6, 6.07) is 7.23. The summed E-state index contributed by atoms with van der Waals surface area (Å²) >= 11 is 1.15. The Morgan fingerprint density at radius 2 is 1.86 bits per heavy atom. The Kier molecular flexibility index (Phi) is 7.57. The zero-order chi connectivity index (χ0) is 20.8. The first-order valence-electron chi connectivity index (χ1n) is 9.18. The van der Waals surface area contributed by atoms with Crippen molar-refractivity contribution in [2.75, 3.05) is 12.9 Å². The zero-order valence-electron chi connectivity index (χ0n) is 16.9. The Bertz CT molecular complexity index is 919. The van der Waals surface area contributed by atoms with Gasteiger partial charge in [0, 0.05) is 11.6 Å². The third-order valence-corrected chi connectivity index (χ3v) is 5.20. The number of ketones is 1. The minimum atomic E-state index is -0.475. The van der Waals surface area contributed by atoms with Crippen molar-refractivity contribution >= 4 is 23.5 Å². The lowest BCUT2D eigenvalue weighted by molar-refractivity contribution is -0.139. The van der Waals surface area contributed by atoms with Crippen LogP contribution in [0, 0.1) is 0 Å². The lowest BCUT2D eigenvalue weighted by atomic mass is 9.90. The topological polar surface area (TPSA) is 89.1 Å². The molecule has 0 unspecified atom stereocenters. The third kappa shape index (κ3) is 5.79. The molecule has 2 rings (SSSR count). The van der Waals surface area contributed by atoms with Gasteiger partial charge in [-0.2, -0.15) is 0 Å². The summed E-state index contributed by atoms with van der Waals surface area (Å²) in [5.74, 6) is 0.263. The van der Waals surface area contributed by atoms with Gasteiger partial charge in [-0.15, -0.1) is 0 Å². The first-order valence-corrected chi connectivity index (χ1v) is 10.2. The van der Waals surface area contributed by atoms with Crippen molar-refractivity contribution in [1.82, 2.24) is 9.97 Å². The molecule has 0 radical (unpaired) electrons. The Morgan fingerprint density at radius 1 is 1.14 bits per heavy atom. The summed E-state index contributed by atoms with van der Waals surface area (Å²) < 4.78 is 4.60. The summed E-state index contributed by atoms with van der Waals surface area (Å²) in [5.41, 5.74) is 2.87. The highest BCUT2D eigenvalue weighted by Gasteiger charge is 2.17. The second-order valence-electron chi connectivity index (χ2n) is 7.16. The van der Waals surface area contributed by atoms with Gasteiger partial charge in [0.2, 0.25) is 0 Å². The Labute approximate surface area is 169 Å². The molecule has 6 nitrogen and oxygen atoms in total. The fourth-order valence-corrected chi connectivity index (χ4v) is 3.52. The lowest BCUT2D eigenvalue weighted by Gasteiger charge is -2.15.